The highest BCUT2D eigenvalue weighted by molar-refractivity contribution is 5.59. The van der Waals surface area contributed by atoms with Crippen LogP contribution in [0.2, 0.25) is 0 Å². The molecule has 0 aromatic heterocycles. The van der Waals surface area contributed by atoms with Crippen LogP contribution in [-0.4, -0.2) is 36.2 Å². The number of ether oxygens (including phenoxy) is 2. The second-order valence-electron chi connectivity index (χ2n) is 6.80. The van der Waals surface area contributed by atoms with E-state index >= 15 is 0 Å². The molecule has 0 aromatic rings. The summed E-state index contributed by atoms with van der Waals surface area (Å²) in [5.41, 5.74) is -0.593. The molecular formula is C14H21FO4. The number of carbonyl (C=O) groups is 1. The molecule has 1 N–H and O–H groups in total. The third kappa shape index (κ3) is 2.33. The van der Waals surface area contributed by atoms with Crippen LogP contribution in [0.3, 0.4) is 0 Å². The van der Waals surface area contributed by atoms with Crippen molar-refractivity contribution in [1.82, 2.24) is 0 Å². The van der Waals surface area contributed by atoms with Crippen LogP contribution in [0.25, 0.3) is 0 Å². The van der Waals surface area contributed by atoms with Gasteiger partial charge in [0.15, 0.2) is 0 Å². The smallest absolute Gasteiger partial charge is 0.434 e. The van der Waals surface area contributed by atoms with Crippen LogP contribution in [0.5, 0.6) is 0 Å². The van der Waals surface area contributed by atoms with Crippen molar-refractivity contribution in [3.8, 4) is 0 Å². The molecule has 4 fully saturated rings. The first-order valence-corrected chi connectivity index (χ1v) is 7.07. The van der Waals surface area contributed by atoms with Gasteiger partial charge in [0, 0.05) is 5.41 Å². The lowest BCUT2D eigenvalue weighted by Crippen LogP contribution is -2.37. The van der Waals surface area contributed by atoms with E-state index in [1.54, 1.807) is 0 Å². The van der Waals surface area contributed by atoms with Crippen molar-refractivity contribution in [3.05, 3.63) is 0 Å². The Labute approximate surface area is 112 Å². The fraction of sp³-hybridized carbons (Fsp3) is 0.929. The minimum Gasteiger partial charge on any atom is -0.434 e. The van der Waals surface area contributed by atoms with Gasteiger partial charge in [-0.1, -0.05) is 0 Å². The van der Waals surface area contributed by atoms with Gasteiger partial charge in [0.1, 0.15) is 19.4 Å². The van der Waals surface area contributed by atoms with Crippen molar-refractivity contribution in [3.63, 3.8) is 0 Å². The molecular weight excluding hydrogens is 251 g/mol. The van der Waals surface area contributed by atoms with Crippen molar-refractivity contribution in [2.75, 3.05) is 13.2 Å². The molecule has 0 heterocycles. The zero-order valence-corrected chi connectivity index (χ0v) is 11.2. The normalized spacial score (nSPS) is 44.4. The lowest BCUT2D eigenvalue weighted by Gasteiger charge is -2.36. The lowest BCUT2D eigenvalue weighted by atomic mass is 9.74. The van der Waals surface area contributed by atoms with Gasteiger partial charge in [0.2, 0.25) is 0 Å². The van der Waals surface area contributed by atoms with Gasteiger partial charge in [-0.2, -0.15) is 0 Å². The van der Waals surface area contributed by atoms with E-state index in [-0.39, 0.29) is 12.0 Å². The van der Waals surface area contributed by atoms with E-state index in [1.165, 1.54) is 6.92 Å². The van der Waals surface area contributed by atoms with E-state index in [0.717, 1.165) is 32.1 Å². The predicted molar refractivity (Wildman–Crippen MR) is 65.3 cm³/mol. The van der Waals surface area contributed by atoms with Crippen LogP contribution in [0, 0.1) is 17.3 Å². The second kappa shape index (κ2) is 4.33. The summed E-state index contributed by atoms with van der Waals surface area (Å²) >= 11 is 0. The second-order valence-corrected chi connectivity index (χ2v) is 6.80. The minimum absolute atomic E-state index is 0.0575. The monoisotopic (exact) mass is 272 g/mol. The van der Waals surface area contributed by atoms with Gasteiger partial charge in [-0.05, 0) is 50.9 Å². The molecule has 4 aliphatic carbocycles. The maximum absolute atomic E-state index is 12.6. The molecule has 4 saturated carbocycles. The first-order chi connectivity index (χ1) is 8.91. The van der Waals surface area contributed by atoms with Gasteiger partial charge < -0.3 is 14.6 Å². The van der Waals surface area contributed by atoms with Crippen LogP contribution in [0.15, 0.2) is 0 Å². The standard InChI is InChI=1S/C14H21FO4/c1-9(15)6-18-12(16)19-8-13-3-10-2-11(13)5-14(17,4-10)7-13/h9-11,17H,2-8H2,1H3. The number of alkyl halides is 1. The SMILES string of the molecule is CC(F)COC(=O)OCC12CC3CC1CC(O)(C3)C2. The van der Waals surface area contributed by atoms with Crippen molar-refractivity contribution in [1.29, 1.82) is 0 Å². The summed E-state index contributed by atoms with van der Waals surface area (Å²) in [6, 6.07) is 0. The first kappa shape index (κ1) is 13.2. The highest BCUT2D eigenvalue weighted by atomic mass is 19.1. The summed E-state index contributed by atoms with van der Waals surface area (Å²) < 4.78 is 22.4. The zero-order valence-electron chi connectivity index (χ0n) is 11.2. The average molecular weight is 272 g/mol. The van der Waals surface area contributed by atoms with E-state index < -0.39 is 17.9 Å². The van der Waals surface area contributed by atoms with Crippen LogP contribution in [-0.2, 0) is 9.47 Å². The molecule has 0 spiro atoms. The van der Waals surface area contributed by atoms with Gasteiger partial charge in [-0.3, -0.25) is 0 Å². The molecule has 0 amide bonds. The quantitative estimate of drug-likeness (QED) is 0.799. The number of aliphatic hydroxyl groups is 1. The van der Waals surface area contributed by atoms with Crippen LogP contribution in [0.4, 0.5) is 9.18 Å². The fourth-order valence-electron chi connectivity index (χ4n) is 4.68. The summed E-state index contributed by atoms with van der Waals surface area (Å²) in [6.45, 7) is 1.37. The number of rotatable bonds is 4. The summed E-state index contributed by atoms with van der Waals surface area (Å²) in [4.78, 5) is 11.4. The summed E-state index contributed by atoms with van der Waals surface area (Å²) in [6.07, 6.45) is 2.67. The minimum atomic E-state index is -1.18. The molecule has 0 radical (unpaired) electrons. The summed E-state index contributed by atoms with van der Waals surface area (Å²) in [7, 11) is 0. The number of hydrogen-bond acceptors (Lipinski definition) is 4. The van der Waals surface area contributed by atoms with Gasteiger partial charge >= 0.3 is 6.16 Å². The van der Waals surface area contributed by atoms with Crippen molar-refractivity contribution in [2.45, 2.75) is 50.8 Å². The molecule has 0 saturated heterocycles. The zero-order chi connectivity index (χ0) is 13.7. The van der Waals surface area contributed by atoms with E-state index in [0.29, 0.717) is 18.4 Å². The number of carbonyl (C=O) groups excluding carboxylic acids is 1. The summed E-state index contributed by atoms with van der Waals surface area (Å²) in [5, 5.41) is 10.4. The lowest BCUT2D eigenvalue weighted by molar-refractivity contribution is -0.0394. The molecule has 0 aliphatic heterocycles. The molecule has 5 atom stereocenters. The third-order valence-corrected chi connectivity index (χ3v) is 5.06. The number of halogens is 1. The Hall–Kier alpha value is -0.840. The largest absolute Gasteiger partial charge is 0.508 e. The highest BCUT2D eigenvalue weighted by Gasteiger charge is 2.64. The van der Waals surface area contributed by atoms with Crippen molar-refractivity contribution in [2.24, 2.45) is 17.3 Å². The molecule has 0 aromatic carbocycles. The van der Waals surface area contributed by atoms with Gasteiger partial charge in [0.25, 0.3) is 0 Å². The molecule has 5 unspecified atom stereocenters. The number of hydrogen-bond donors (Lipinski definition) is 1. The molecule has 4 bridgehead atoms. The fourth-order valence-corrected chi connectivity index (χ4v) is 4.68. The highest BCUT2D eigenvalue weighted by Crippen LogP contribution is 2.66. The average Bonchev–Trinajstić information content (AvgIpc) is 2.66. The Morgan fingerprint density at radius 1 is 1.42 bits per heavy atom. The van der Waals surface area contributed by atoms with E-state index in [4.69, 9.17) is 4.74 Å². The van der Waals surface area contributed by atoms with E-state index in [2.05, 4.69) is 4.74 Å². The Bertz CT molecular complexity index is 386. The molecule has 108 valence electrons. The van der Waals surface area contributed by atoms with E-state index in [9.17, 15) is 14.3 Å². The van der Waals surface area contributed by atoms with Crippen molar-refractivity contribution < 1.29 is 23.8 Å². The maximum atomic E-state index is 12.6. The Morgan fingerprint density at radius 2 is 2.21 bits per heavy atom. The maximum Gasteiger partial charge on any atom is 0.508 e. The van der Waals surface area contributed by atoms with Crippen LogP contribution >= 0.6 is 0 Å². The van der Waals surface area contributed by atoms with E-state index in [1.807, 2.05) is 0 Å². The molecule has 19 heavy (non-hydrogen) atoms. The van der Waals surface area contributed by atoms with Gasteiger partial charge in [0.05, 0.1) is 5.60 Å². The van der Waals surface area contributed by atoms with Crippen molar-refractivity contribution >= 4 is 6.16 Å². The predicted octanol–water partition coefficient (Wildman–Crippen LogP) is 2.44. The molecule has 4 rings (SSSR count). The van der Waals surface area contributed by atoms with Gasteiger partial charge in [-0.25, -0.2) is 9.18 Å². The van der Waals surface area contributed by atoms with Gasteiger partial charge in [-0.15, -0.1) is 0 Å². The molecule has 4 aliphatic rings. The Morgan fingerprint density at radius 3 is 2.89 bits per heavy atom. The Kier molecular flexibility index (Phi) is 3.00. The Balaban J connectivity index is 1.55. The topological polar surface area (TPSA) is 55.8 Å². The van der Waals surface area contributed by atoms with Crippen LogP contribution in [0.1, 0.15) is 39.0 Å². The van der Waals surface area contributed by atoms with Crippen LogP contribution < -0.4 is 0 Å². The summed E-state index contributed by atoms with van der Waals surface area (Å²) in [5.74, 6) is 1.03. The first-order valence-electron chi connectivity index (χ1n) is 7.07. The third-order valence-electron chi connectivity index (χ3n) is 5.06. The molecule has 5 heteroatoms. The molecule has 4 nitrogen and oxygen atoms in total.